The van der Waals surface area contributed by atoms with E-state index in [-0.39, 0.29) is 5.41 Å². The SMILES string of the molecule is CC1(C)CCC(NCc2ccccc2Cl)c2ccccc21. The number of hydrogen-bond donors (Lipinski definition) is 1. The predicted molar refractivity (Wildman–Crippen MR) is 89.7 cm³/mol. The van der Waals surface area contributed by atoms with Gasteiger partial charge in [0.15, 0.2) is 0 Å². The average molecular weight is 300 g/mol. The third-order valence-electron chi connectivity index (χ3n) is 4.62. The molecule has 0 spiro atoms. The zero-order valence-electron chi connectivity index (χ0n) is 12.7. The van der Waals surface area contributed by atoms with Crippen molar-refractivity contribution in [2.45, 2.75) is 44.7 Å². The van der Waals surface area contributed by atoms with Crippen LogP contribution in [0.2, 0.25) is 5.02 Å². The molecule has 0 saturated heterocycles. The van der Waals surface area contributed by atoms with Gasteiger partial charge in [-0.2, -0.15) is 0 Å². The zero-order valence-corrected chi connectivity index (χ0v) is 13.5. The second-order valence-corrected chi connectivity index (χ2v) is 6.94. The molecular weight excluding hydrogens is 278 g/mol. The average Bonchev–Trinajstić information content (AvgIpc) is 2.48. The molecule has 0 heterocycles. The minimum atomic E-state index is 0.277. The fraction of sp³-hybridized carbons (Fsp3) is 0.368. The van der Waals surface area contributed by atoms with Crippen LogP contribution in [-0.4, -0.2) is 0 Å². The molecule has 0 aromatic heterocycles. The van der Waals surface area contributed by atoms with E-state index in [2.05, 4.69) is 49.5 Å². The van der Waals surface area contributed by atoms with Crippen molar-refractivity contribution in [3.05, 3.63) is 70.2 Å². The predicted octanol–water partition coefficient (Wildman–Crippen LogP) is 5.24. The third kappa shape index (κ3) is 3.00. The van der Waals surface area contributed by atoms with Crippen LogP contribution in [0.25, 0.3) is 0 Å². The Hall–Kier alpha value is -1.31. The van der Waals surface area contributed by atoms with Crippen molar-refractivity contribution in [2.75, 3.05) is 0 Å². The van der Waals surface area contributed by atoms with Crippen LogP contribution in [0.5, 0.6) is 0 Å². The van der Waals surface area contributed by atoms with Gasteiger partial charge in [-0.3, -0.25) is 0 Å². The third-order valence-corrected chi connectivity index (χ3v) is 4.99. The van der Waals surface area contributed by atoms with Gasteiger partial charge >= 0.3 is 0 Å². The normalized spacial score (nSPS) is 20.0. The number of halogens is 1. The van der Waals surface area contributed by atoms with Crippen LogP contribution in [0.4, 0.5) is 0 Å². The second-order valence-electron chi connectivity index (χ2n) is 6.53. The van der Waals surface area contributed by atoms with E-state index in [0.29, 0.717) is 6.04 Å². The Labute approximate surface area is 132 Å². The monoisotopic (exact) mass is 299 g/mol. The molecule has 1 nitrogen and oxygen atoms in total. The molecule has 1 N–H and O–H groups in total. The van der Waals surface area contributed by atoms with Crippen molar-refractivity contribution in [3.8, 4) is 0 Å². The Morgan fingerprint density at radius 1 is 1.10 bits per heavy atom. The molecule has 110 valence electrons. The number of hydrogen-bond acceptors (Lipinski definition) is 1. The van der Waals surface area contributed by atoms with Gasteiger partial charge in [0.1, 0.15) is 0 Å². The van der Waals surface area contributed by atoms with Gasteiger partial charge in [0.05, 0.1) is 0 Å². The Morgan fingerprint density at radius 2 is 1.81 bits per heavy atom. The Balaban J connectivity index is 1.80. The van der Waals surface area contributed by atoms with Gasteiger partial charge in [-0.05, 0) is 41.0 Å². The van der Waals surface area contributed by atoms with E-state index in [1.54, 1.807) is 0 Å². The summed E-state index contributed by atoms with van der Waals surface area (Å²) in [6, 6.07) is 17.3. The highest BCUT2D eigenvalue weighted by molar-refractivity contribution is 6.31. The molecular formula is C19H22ClN. The Bertz CT molecular complexity index is 633. The molecule has 1 aliphatic carbocycles. The molecule has 0 aliphatic heterocycles. The fourth-order valence-corrected chi connectivity index (χ4v) is 3.50. The number of benzene rings is 2. The van der Waals surface area contributed by atoms with Crippen LogP contribution in [0.3, 0.4) is 0 Å². The van der Waals surface area contributed by atoms with Gasteiger partial charge in [-0.15, -0.1) is 0 Å². The van der Waals surface area contributed by atoms with Crippen molar-refractivity contribution < 1.29 is 0 Å². The van der Waals surface area contributed by atoms with E-state index in [0.717, 1.165) is 11.6 Å². The summed E-state index contributed by atoms with van der Waals surface area (Å²) in [6.45, 7) is 5.51. The molecule has 1 unspecified atom stereocenters. The summed E-state index contributed by atoms with van der Waals surface area (Å²) in [6.07, 6.45) is 2.39. The quantitative estimate of drug-likeness (QED) is 0.817. The van der Waals surface area contributed by atoms with Gasteiger partial charge in [-0.25, -0.2) is 0 Å². The lowest BCUT2D eigenvalue weighted by Gasteiger charge is -2.37. The molecule has 21 heavy (non-hydrogen) atoms. The summed E-state index contributed by atoms with van der Waals surface area (Å²) in [7, 11) is 0. The van der Waals surface area contributed by atoms with Gasteiger partial charge in [-0.1, -0.05) is 67.9 Å². The molecule has 0 bridgehead atoms. The summed E-state index contributed by atoms with van der Waals surface area (Å²) in [4.78, 5) is 0. The molecule has 0 saturated carbocycles. The van der Waals surface area contributed by atoms with Crippen LogP contribution in [0.15, 0.2) is 48.5 Å². The smallest absolute Gasteiger partial charge is 0.0450 e. The molecule has 0 amide bonds. The van der Waals surface area contributed by atoms with Crippen LogP contribution in [0, 0.1) is 0 Å². The van der Waals surface area contributed by atoms with Crippen LogP contribution in [0.1, 0.15) is 49.4 Å². The lowest BCUT2D eigenvalue weighted by Crippen LogP contribution is -2.32. The van der Waals surface area contributed by atoms with Crippen molar-refractivity contribution in [1.82, 2.24) is 5.32 Å². The lowest BCUT2D eigenvalue weighted by atomic mass is 9.71. The van der Waals surface area contributed by atoms with Crippen molar-refractivity contribution in [1.29, 1.82) is 0 Å². The maximum absolute atomic E-state index is 6.25. The minimum Gasteiger partial charge on any atom is -0.306 e. The van der Waals surface area contributed by atoms with E-state index < -0.39 is 0 Å². The first-order chi connectivity index (χ1) is 10.1. The molecule has 2 heteroatoms. The molecule has 0 fully saturated rings. The van der Waals surface area contributed by atoms with Gasteiger partial charge < -0.3 is 5.32 Å². The first-order valence-electron chi connectivity index (χ1n) is 7.64. The zero-order chi connectivity index (χ0) is 14.9. The van der Waals surface area contributed by atoms with Crippen LogP contribution < -0.4 is 5.32 Å². The van der Waals surface area contributed by atoms with Crippen molar-refractivity contribution in [3.63, 3.8) is 0 Å². The molecule has 0 radical (unpaired) electrons. The van der Waals surface area contributed by atoms with Crippen molar-refractivity contribution >= 4 is 11.6 Å². The van der Waals surface area contributed by atoms with Gasteiger partial charge in [0.2, 0.25) is 0 Å². The molecule has 1 atom stereocenters. The number of fused-ring (bicyclic) bond motifs is 1. The van der Waals surface area contributed by atoms with Crippen LogP contribution >= 0.6 is 11.6 Å². The molecule has 2 aromatic carbocycles. The standard InChI is InChI=1S/C19H22ClN/c1-19(2)12-11-18(15-8-4-5-9-16(15)19)21-13-14-7-3-6-10-17(14)20/h3-10,18,21H,11-13H2,1-2H3. The molecule has 3 rings (SSSR count). The Morgan fingerprint density at radius 3 is 2.62 bits per heavy atom. The molecule has 2 aromatic rings. The minimum absolute atomic E-state index is 0.277. The maximum Gasteiger partial charge on any atom is 0.0450 e. The first kappa shape index (κ1) is 14.6. The van der Waals surface area contributed by atoms with E-state index in [1.807, 2.05) is 18.2 Å². The Kier molecular flexibility index (Phi) is 4.05. The summed E-state index contributed by atoms with van der Waals surface area (Å²) in [5, 5.41) is 4.53. The summed E-state index contributed by atoms with van der Waals surface area (Å²) >= 11 is 6.25. The largest absolute Gasteiger partial charge is 0.306 e. The summed E-state index contributed by atoms with van der Waals surface area (Å²) in [5.41, 5.74) is 4.37. The first-order valence-corrected chi connectivity index (χ1v) is 8.02. The van der Waals surface area contributed by atoms with E-state index >= 15 is 0 Å². The highest BCUT2D eigenvalue weighted by Crippen LogP contribution is 2.41. The maximum atomic E-state index is 6.25. The fourth-order valence-electron chi connectivity index (χ4n) is 3.30. The number of rotatable bonds is 3. The van der Waals surface area contributed by atoms with E-state index in [9.17, 15) is 0 Å². The highest BCUT2D eigenvalue weighted by atomic mass is 35.5. The summed E-state index contributed by atoms with van der Waals surface area (Å²) in [5.74, 6) is 0. The highest BCUT2D eigenvalue weighted by Gasteiger charge is 2.31. The van der Waals surface area contributed by atoms with Crippen molar-refractivity contribution in [2.24, 2.45) is 0 Å². The van der Waals surface area contributed by atoms with Gasteiger partial charge in [0.25, 0.3) is 0 Å². The second kappa shape index (κ2) is 5.82. The lowest BCUT2D eigenvalue weighted by molar-refractivity contribution is 0.357. The number of nitrogens with one attached hydrogen (secondary N) is 1. The topological polar surface area (TPSA) is 12.0 Å². The summed E-state index contributed by atoms with van der Waals surface area (Å²) < 4.78 is 0. The van der Waals surface area contributed by atoms with Gasteiger partial charge in [0, 0.05) is 17.6 Å². The van der Waals surface area contributed by atoms with E-state index in [4.69, 9.17) is 11.6 Å². The van der Waals surface area contributed by atoms with E-state index in [1.165, 1.54) is 29.5 Å². The molecule has 1 aliphatic rings. The van der Waals surface area contributed by atoms with Crippen LogP contribution in [-0.2, 0) is 12.0 Å².